The van der Waals surface area contributed by atoms with Gasteiger partial charge in [-0.25, -0.2) is 8.42 Å². The summed E-state index contributed by atoms with van der Waals surface area (Å²) in [5.41, 5.74) is -0.433. The number of carbonyl (C=O) groups excluding carboxylic acids is 1. The van der Waals surface area contributed by atoms with Gasteiger partial charge in [0.15, 0.2) is 9.84 Å². The standard InChI is InChI=1S/C9H7ClINO5S/c1-18(16,17)9(10,11)8(13)6-3-2-4-7(5-6)12(14)15/h2-5H,1H3/t9-/m0/s1. The topological polar surface area (TPSA) is 94.3 Å². The first-order chi connectivity index (χ1) is 8.07. The molecule has 0 aliphatic heterocycles. The number of Topliss-reactive ketones (excluding diaryl/α,β-unsaturated/α-hetero) is 1. The molecule has 9 heteroatoms. The van der Waals surface area contributed by atoms with Gasteiger partial charge in [-0.2, -0.15) is 0 Å². The van der Waals surface area contributed by atoms with Crippen molar-refractivity contribution in [3.05, 3.63) is 39.9 Å². The zero-order chi connectivity index (χ0) is 14.1. The summed E-state index contributed by atoms with van der Waals surface area (Å²) in [7, 11) is -3.85. The second-order valence-electron chi connectivity index (χ2n) is 3.43. The summed E-state index contributed by atoms with van der Waals surface area (Å²) in [5.74, 6) is -0.907. The van der Waals surface area contributed by atoms with Gasteiger partial charge >= 0.3 is 0 Å². The Morgan fingerprint density at radius 1 is 1.50 bits per heavy atom. The van der Waals surface area contributed by atoms with Crippen molar-refractivity contribution in [2.45, 2.75) is 2.21 Å². The minimum absolute atomic E-state index is 0.126. The Morgan fingerprint density at radius 3 is 2.50 bits per heavy atom. The number of carbonyl (C=O) groups is 1. The minimum atomic E-state index is -3.85. The molecule has 0 aliphatic carbocycles. The van der Waals surface area contributed by atoms with Crippen LogP contribution in [-0.2, 0) is 9.84 Å². The zero-order valence-electron chi connectivity index (χ0n) is 8.96. The van der Waals surface area contributed by atoms with Crippen molar-refractivity contribution in [2.24, 2.45) is 0 Å². The number of non-ortho nitro benzene ring substituents is 1. The Kier molecular flexibility index (Phi) is 4.34. The molecule has 18 heavy (non-hydrogen) atoms. The summed E-state index contributed by atoms with van der Waals surface area (Å²) in [6.45, 7) is 0. The minimum Gasteiger partial charge on any atom is -0.290 e. The van der Waals surface area contributed by atoms with Gasteiger partial charge in [-0.3, -0.25) is 14.9 Å². The van der Waals surface area contributed by atoms with E-state index in [1.165, 1.54) is 40.8 Å². The van der Waals surface area contributed by atoms with Crippen LogP contribution >= 0.6 is 34.2 Å². The second kappa shape index (κ2) is 5.10. The quantitative estimate of drug-likeness (QED) is 0.252. The Balaban J connectivity index is 3.28. The average Bonchev–Trinajstić information content (AvgIpc) is 2.26. The molecule has 6 nitrogen and oxygen atoms in total. The Hall–Kier alpha value is -0.740. The van der Waals surface area contributed by atoms with Gasteiger partial charge in [-0.15, -0.1) is 0 Å². The first-order valence-corrected chi connectivity index (χ1v) is 7.79. The van der Waals surface area contributed by atoms with Gasteiger partial charge < -0.3 is 0 Å². The van der Waals surface area contributed by atoms with Crippen molar-refractivity contribution in [3.8, 4) is 0 Å². The maximum Gasteiger partial charge on any atom is 0.270 e. The first-order valence-electron chi connectivity index (χ1n) is 4.44. The molecule has 1 rings (SSSR count). The van der Waals surface area contributed by atoms with Crippen molar-refractivity contribution >= 4 is 55.5 Å². The highest BCUT2D eigenvalue weighted by atomic mass is 127. The molecule has 1 aromatic carbocycles. The number of nitrogens with zero attached hydrogens (tertiary/aromatic N) is 1. The number of nitro benzene ring substituents is 1. The molecule has 0 aliphatic rings. The van der Waals surface area contributed by atoms with Crippen LogP contribution in [0.15, 0.2) is 24.3 Å². The maximum atomic E-state index is 11.9. The number of rotatable bonds is 4. The van der Waals surface area contributed by atoms with Crippen LogP contribution in [0.5, 0.6) is 0 Å². The molecule has 0 spiro atoms. The molecule has 0 radical (unpaired) electrons. The first kappa shape index (κ1) is 15.3. The Labute approximate surface area is 122 Å². The fraction of sp³-hybridized carbons (Fsp3) is 0.222. The van der Waals surface area contributed by atoms with Crippen molar-refractivity contribution in [2.75, 3.05) is 6.26 Å². The van der Waals surface area contributed by atoms with Crippen LogP contribution in [0, 0.1) is 10.1 Å². The fourth-order valence-electron chi connectivity index (χ4n) is 1.10. The largest absolute Gasteiger partial charge is 0.290 e. The van der Waals surface area contributed by atoms with Gasteiger partial charge in [0.05, 0.1) is 4.92 Å². The van der Waals surface area contributed by atoms with E-state index in [2.05, 4.69) is 0 Å². The lowest BCUT2D eigenvalue weighted by atomic mass is 10.1. The maximum absolute atomic E-state index is 11.9. The molecule has 1 aromatic rings. The molecule has 0 fully saturated rings. The number of hydrogen-bond acceptors (Lipinski definition) is 5. The normalized spacial score (nSPS) is 14.8. The Morgan fingerprint density at radius 2 is 2.06 bits per heavy atom. The molecular weight excluding hydrogens is 397 g/mol. The molecule has 0 aromatic heterocycles. The summed E-state index contributed by atoms with van der Waals surface area (Å²) >= 11 is 7.01. The second-order valence-corrected chi connectivity index (χ2v) is 9.36. The van der Waals surface area contributed by atoms with Crippen LogP contribution in [0.3, 0.4) is 0 Å². The van der Waals surface area contributed by atoms with Crippen LogP contribution in [0.1, 0.15) is 10.4 Å². The molecule has 0 saturated carbocycles. The third kappa shape index (κ3) is 2.98. The van der Waals surface area contributed by atoms with Crippen LogP contribution < -0.4 is 0 Å². The molecule has 0 bridgehead atoms. The molecule has 0 heterocycles. The molecule has 98 valence electrons. The van der Waals surface area contributed by atoms with Crippen molar-refractivity contribution in [3.63, 3.8) is 0 Å². The lowest BCUT2D eigenvalue weighted by Crippen LogP contribution is -2.34. The summed E-state index contributed by atoms with van der Waals surface area (Å²) in [6, 6.07) is 4.75. The third-order valence-electron chi connectivity index (χ3n) is 2.05. The van der Waals surface area contributed by atoms with Gasteiger partial charge in [0.1, 0.15) is 0 Å². The summed E-state index contributed by atoms with van der Waals surface area (Å²) in [5, 5.41) is 10.6. The molecule has 0 saturated heterocycles. The predicted octanol–water partition coefficient (Wildman–Crippen LogP) is 2.15. The number of sulfone groups is 1. The summed E-state index contributed by atoms with van der Waals surface area (Å²) < 4.78 is 20.6. The van der Waals surface area contributed by atoms with E-state index in [1.807, 2.05) is 0 Å². The number of benzene rings is 1. The van der Waals surface area contributed by atoms with E-state index in [0.717, 1.165) is 12.3 Å². The van der Waals surface area contributed by atoms with Crippen LogP contribution in [0.2, 0.25) is 0 Å². The number of halogens is 2. The van der Waals surface area contributed by atoms with E-state index in [4.69, 9.17) is 11.6 Å². The highest BCUT2D eigenvalue weighted by Gasteiger charge is 2.44. The van der Waals surface area contributed by atoms with E-state index < -0.39 is 22.8 Å². The van der Waals surface area contributed by atoms with Gasteiger partial charge in [0.25, 0.3) is 7.90 Å². The van der Waals surface area contributed by atoms with E-state index in [1.54, 1.807) is 0 Å². The smallest absolute Gasteiger partial charge is 0.270 e. The number of ketones is 1. The molecule has 0 unspecified atom stereocenters. The van der Waals surface area contributed by atoms with E-state index in [9.17, 15) is 23.3 Å². The lowest BCUT2D eigenvalue weighted by Gasteiger charge is -2.16. The molecular formula is C9H7ClINO5S. The highest BCUT2D eigenvalue weighted by Crippen LogP contribution is 2.34. The third-order valence-corrected chi connectivity index (χ3v) is 7.07. The molecule has 0 amide bonds. The van der Waals surface area contributed by atoms with Crippen LogP contribution in [-0.4, -0.2) is 27.6 Å². The lowest BCUT2D eigenvalue weighted by molar-refractivity contribution is -0.384. The van der Waals surface area contributed by atoms with Crippen molar-refractivity contribution in [1.82, 2.24) is 0 Å². The van der Waals surface area contributed by atoms with Crippen LogP contribution in [0.25, 0.3) is 0 Å². The number of hydrogen-bond donors (Lipinski definition) is 0. The van der Waals surface area contributed by atoms with E-state index >= 15 is 0 Å². The zero-order valence-corrected chi connectivity index (χ0v) is 12.7. The van der Waals surface area contributed by atoms with Gasteiger partial charge in [0, 0.05) is 24.0 Å². The fourth-order valence-corrected chi connectivity index (χ4v) is 1.97. The predicted molar refractivity (Wildman–Crippen MR) is 74.9 cm³/mol. The molecule has 0 N–H and O–H groups in total. The summed E-state index contributed by atoms with van der Waals surface area (Å²) in [6.07, 6.45) is 0.821. The monoisotopic (exact) mass is 403 g/mol. The average molecular weight is 404 g/mol. The number of alkyl halides is 2. The van der Waals surface area contributed by atoms with Gasteiger partial charge in [-0.1, -0.05) is 23.7 Å². The van der Waals surface area contributed by atoms with Crippen molar-refractivity contribution in [1.29, 1.82) is 0 Å². The van der Waals surface area contributed by atoms with Crippen molar-refractivity contribution < 1.29 is 18.1 Å². The highest BCUT2D eigenvalue weighted by molar-refractivity contribution is 14.1. The number of nitro groups is 1. The van der Waals surface area contributed by atoms with Crippen LogP contribution in [0.4, 0.5) is 5.69 Å². The summed E-state index contributed by atoms with van der Waals surface area (Å²) in [4.78, 5) is 21.8. The van der Waals surface area contributed by atoms with E-state index in [-0.39, 0.29) is 11.3 Å². The van der Waals surface area contributed by atoms with Gasteiger partial charge in [-0.05, 0) is 22.6 Å². The Bertz CT molecular complexity index is 613. The SMILES string of the molecule is CS(=O)(=O)[C@@](Cl)(I)C(=O)c1cccc([N+](=O)[O-])c1. The van der Waals surface area contributed by atoms with Gasteiger partial charge in [0.2, 0.25) is 5.78 Å². The molecule has 1 atom stereocenters. The van der Waals surface area contributed by atoms with E-state index in [0.29, 0.717) is 0 Å².